The summed E-state index contributed by atoms with van der Waals surface area (Å²) in [6.07, 6.45) is 2.12. The van der Waals surface area contributed by atoms with Crippen LogP contribution in [0.3, 0.4) is 0 Å². The van der Waals surface area contributed by atoms with Gasteiger partial charge >= 0.3 is 5.97 Å². The first-order valence-corrected chi connectivity index (χ1v) is 10.1. The molecule has 1 heterocycles. The largest absolute Gasteiger partial charge is 0.489 e. The van der Waals surface area contributed by atoms with Crippen LogP contribution in [0, 0.1) is 0 Å². The van der Waals surface area contributed by atoms with Crippen molar-refractivity contribution >= 4 is 47.0 Å². The fourth-order valence-electron chi connectivity index (χ4n) is 2.26. The van der Waals surface area contributed by atoms with E-state index in [1.807, 2.05) is 13.0 Å². The number of hydrogen-bond donors (Lipinski definition) is 1. The molecular weight excluding hydrogens is 435 g/mol. The van der Waals surface area contributed by atoms with Gasteiger partial charge in [-0.2, -0.15) is 0 Å². The maximum atomic E-state index is 11.5. The summed E-state index contributed by atoms with van der Waals surface area (Å²) in [5, 5.41) is 18.3. The summed E-state index contributed by atoms with van der Waals surface area (Å²) in [6, 6.07) is 12.3. The predicted octanol–water partition coefficient (Wildman–Crippen LogP) is 5.74. The molecule has 0 saturated heterocycles. The van der Waals surface area contributed by atoms with Gasteiger partial charge in [-0.3, -0.25) is 0 Å². The molecule has 29 heavy (non-hydrogen) atoms. The van der Waals surface area contributed by atoms with Crippen molar-refractivity contribution in [3.8, 4) is 5.75 Å². The van der Waals surface area contributed by atoms with Gasteiger partial charge in [0.15, 0.2) is 0 Å². The average molecular weight is 451 g/mol. The number of nitrogens with zero attached hydrogens (tertiary/aromatic N) is 2. The van der Waals surface area contributed by atoms with Crippen molar-refractivity contribution in [1.29, 1.82) is 0 Å². The lowest BCUT2D eigenvalue weighted by Gasteiger charge is -2.07. The molecule has 0 atom stereocenters. The molecule has 0 aliphatic carbocycles. The lowest BCUT2D eigenvalue weighted by atomic mass is 10.2. The molecule has 2 aromatic carbocycles. The number of rotatable bonds is 8. The van der Waals surface area contributed by atoms with Crippen molar-refractivity contribution < 1.29 is 19.1 Å². The predicted molar refractivity (Wildman–Crippen MR) is 112 cm³/mol. The van der Waals surface area contributed by atoms with Gasteiger partial charge in [-0.1, -0.05) is 48.3 Å². The van der Waals surface area contributed by atoms with Crippen LogP contribution in [0.4, 0.5) is 0 Å². The van der Waals surface area contributed by atoms with E-state index in [1.165, 1.54) is 6.08 Å². The van der Waals surface area contributed by atoms with Crippen molar-refractivity contribution in [1.82, 2.24) is 10.2 Å². The fraction of sp³-hybridized carbons (Fsp3) is 0.150. The van der Waals surface area contributed by atoms with Gasteiger partial charge < -0.3 is 14.3 Å². The Labute approximate surface area is 181 Å². The normalized spacial score (nSPS) is 11.5. The van der Waals surface area contributed by atoms with Gasteiger partial charge in [-0.15, -0.1) is 10.2 Å². The Kier molecular flexibility index (Phi) is 7.19. The molecule has 0 saturated carbocycles. The molecule has 150 valence electrons. The van der Waals surface area contributed by atoms with Crippen LogP contribution < -0.4 is 4.74 Å². The third-order valence-electron chi connectivity index (χ3n) is 3.73. The first kappa shape index (κ1) is 21.2. The van der Waals surface area contributed by atoms with Crippen LogP contribution in [-0.4, -0.2) is 21.3 Å². The van der Waals surface area contributed by atoms with E-state index in [0.29, 0.717) is 40.3 Å². The zero-order valence-electron chi connectivity index (χ0n) is 15.3. The van der Waals surface area contributed by atoms with Crippen molar-refractivity contribution in [2.75, 3.05) is 0 Å². The maximum absolute atomic E-state index is 11.5. The Balaban J connectivity index is 1.66. The second-order valence-corrected chi connectivity index (χ2v) is 7.64. The highest BCUT2D eigenvalue weighted by Crippen LogP contribution is 2.28. The Morgan fingerprint density at radius 2 is 1.93 bits per heavy atom. The zero-order valence-corrected chi connectivity index (χ0v) is 17.6. The van der Waals surface area contributed by atoms with Gasteiger partial charge in [0.1, 0.15) is 17.3 Å². The number of thioether (sulfide) groups is 1. The maximum Gasteiger partial charge on any atom is 0.342 e. The minimum absolute atomic E-state index is 0.0702. The lowest BCUT2D eigenvalue weighted by Crippen LogP contribution is -1.97. The Morgan fingerprint density at radius 3 is 2.55 bits per heavy atom. The fourth-order valence-corrected chi connectivity index (χ4v) is 3.27. The number of carboxylic acids is 1. The van der Waals surface area contributed by atoms with Gasteiger partial charge in [-0.25, -0.2) is 4.79 Å². The molecule has 0 amide bonds. The number of aromatic nitrogens is 2. The van der Waals surface area contributed by atoms with Crippen molar-refractivity contribution in [3.05, 3.63) is 74.4 Å². The minimum Gasteiger partial charge on any atom is -0.489 e. The highest BCUT2D eigenvalue weighted by Gasteiger charge is 2.14. The summed E-state index contributed by atoms with van der Waals surface area (Å²) in [4.78, 5) is 11.6. The van der Waals surface area contributed by atoms with Crippen LogP contribution in [0.1, 0.15) is 23.9 Å². The van der Waals surface area contributed by atoms with E-state index < -0.39 is 5.97 Å². The number of aliphatic carboxylic acids is 1. The van der Waals surface area contributed by atoms with Crippen LogP contribution in [0.25, 0.3) is 6.08 Å². The smallest absolute Gasteiger partial charge is 0.342 e. The van der Waals surface area contributed by atoms with Crippen molar-refractivity contribution in [2.45, 2.75) is 25.2 Å². The Bertz CT molecular complexity index is 1040. The molecular formula is C20H16Cl2N2O4S. The third-order valence-corrected chi connectivity index (χ3v) is 5.32. The highest BCUT2D eigenvalue weighted by molar-refractivity contribution is 8.03. The Hall–Kier alpha value is -2.48. The summed E-state index contributed by atoms with van der Waals surface area (Å²) in [5.74, 6) is 0.0224. The van der Waals surface area contributed by atoms with Gasteiger partial charge in [0.05, 0.1) is 10.0 Å². The van der Waals surface area contributed by atoms with Gasteiger partial charge in [0.2, 0.25) is 5.89 Å². The zero-order chi connectivity index (χ0) is 20.8. The summed E-state index contributed by atoms with van der Waals surface area (Å²) in [7, 11) is 0. The van der Waals surface area contributed by atoms with Crippen LogP contribution in [0.2, 0.25) is 10.0 Å². The lowest BCUT2D eigenvalue weighted by molar-refractivity contribution is -0.131. The molecule has 1 N–H and O–H groups in total. The third kappa shape index (κ3) is 6.00. The molecule has 0 fully saturated rings. The first-order valence-electron chi connectivity index (χ1n) is 8.56. The molecule has 3 rings (SSSR count). The number of ether oxygens (including phenoxy) is 1. The topological polar surface area (TPSA) is 85.5 Å². The summed E-state index contributed by atoms with van der Waals surface area (Å²) < 4.78 is 11.1. The van der Waals surface area contributed by atoms with Crippen LogP contribution in [-0.2, 0) is 17.8 Å². The molecule has 1 aromatic heterocycles. The summed E-state index contributed by atoms with van der Waals surface area (Å²) in [5.41, 5.74) is 1.59. The quantitative estimate of drug-likeness (QED) is 0.346. The van der Waals surface area contributed by atoms with E-state index in [-0.39, 0.29) is 10.1 Å². The summed E-state index contributed by atoms with van der Waals surface area (Å²) >= 11 is 12.8. The molecule has 6 nitrogen and oxygen atoms in total. The van der Waals surface area contributed by atoms with E-state index in [9.17, 15) is 9.90 Å². The van der Waals surface area contributed by atoms with Crippen LogP contribution in [0.15, 0.2) is 57.0 Å². The minimum atomic E-state index is -1.08. The molecule has 9 heteroatoms. The molecule has 0 aliphatic rings. The standard InChI is InChI=1S/C20H16Cl2N2O4S/c1-2-18-23-24-20(28-18)29-17(19(25)26)10-12-3-6-14(7-4-12)27-11-13-5-8-15(21)16(22)9-13/h3-10H,2,11H2,1H3,(H,25,26)/b17-10-. The van der Waals surface area contributed by atoms with E-state index in [2.05, 4.69) is 10.2 Å². The number of hydrogen-bond acceptors (Lipinski definition) is 6. The SMILES string of the molecule is CCc1nnc(S/C(=C\c2ccc(OCc3ccc(Cl)c(Cl)c3)cc2)C(=O)O)o1. The van der Waals surface area contributed by atoms with Gasteiger partial charge in [0.25, 0.3) is 5.22 Å². The van der Waals surface area contributed by atoms with E-state index >= 15 is 0 Å². The number of carbonyl (C=O) groups is 1. The monoisotopic (exact) mass is 450 g/mol. The number of benzene rings is 2. The first-order chi connectivity index (χ1) is 13.9. The molecule has 3 aromatic rings. The van der Waals surface area contributed by atoms with Crippen LogP contribution >= 0.6 is 35.0 Å². The van der Waals surface area contributed by atoms with Crippen molar-refractivity contribution in [2.24, 2.45) is 0 Å². The van der Waals surface area contributed by atoms with Crippen molar-refractivity contribution in [3.63, 3.8) is 0 Å². The molecule has 0 aliphatic heterocycles. The van der Waals surface area contributed by atoms with E-state index in [0.717, 1.165) is 17.3 Å². The number of aryl methyl sites for hydroxylation is 1. The van der Waals surface area contributed by atoms with Gasteiger partial charge in [-0.05, 0) is 53.2 Å². The molecule has 0 spiro atoms. The molecule has 0 radical (unpaired) electrons. The second kappa shape index (κ2) is 9.82. The highest BCUT2D eigenvalue weighted by atomic mass is 35.5. The molecule has 0 unspecified atom stereocenters. The number of halogens is 2. The average Bonchev–Trinajstić information content (AvgIpc) is 3.17. The summed E-state index contributed by atoms with van der Waals surface area (Å²) in [6.45, 7) is 2.21. The molecule has 0 bridgehead atoms. The second-order valence-electron chi connectivity index (χ2n) is 5.84. The van der Waals surface area contributed by atoms with E-state index in [4.69, 9.17) is 32.4 Å². The van der Waals surface area contributed by atoms with Gasteiger partial charge in [0, 0.05) is 6.42 Å². The Morgan fingerprint density at radius 1 is 1.17 bits per heavy atom. The number of carboxylic acid groups (broad SMARTS) is 1. The van der Waals surface area contributed by atoms with Crippen LogP contribution in [0.5, 0.6) is 5.75 Å². The van der Waals surface area contributed by atoms with E-state index in [1.54, 1.807) is 36.4 Å².